The number of Topliss-reactive ketones (excluding diaryl/α,β-unsaturated/α-hetero) is 1. The van der Waals surface area contributed by atoms with E-state index in [2.05, 4.69) is 0 Å². The molecule has 4 rings (SSSR count). The van der Waals surface area contributed by atoms with Crippen molar-refractivity contribution in [1.82, 2.24) is 9.55 Å². The van der Waals surface area contributed by atoms with Gasteiger partial charge in [-0.1, -0.05) is 24.3 Å². The van der Waals surface area contributed by atoms with E-state index in [4.69, 9.17) is 9.72 Å². The van der Waals surface area contributed by atoms with Crippen molar-refractivity contribution in [2.75, 3.05) is 18.1 Å². The maximum atomic E-state index is 11.9. The summed E-state index contributed by atoms with van der Waals surface area (Å²) in [7, 11) is -2.96. The number of aliphatic hydroxyl groups is 1. The van der Waals surface area contributed by atoms with Crippen LogP contribution in [0, 0.1) is 5.92 Å². The van der Waals surface area contributed by atoms with Gasteiger partial charge in [-0.25, -0.2) is 13.4 Å². The standard InChI is InChI=1S/C25H30N2O5S/c1-18(28)6-7-19-8-10-22(11-9-19)32-16-21(29)15-27-24-5-3-2-4-23(24)26-25(27)14-20-12-13-33(30,31)17-20/h2-5,8-11,20-21,29H,6-7,12-17H2,1H3. The lowest BCUT2D eigenvalue weighted by Gasteiger charge is -2.17. The zero-order chi connectivity index (χ0) is 23.4. The Labute approximate surface area is 194 Å². The van der Waals surface area contributed by atoms with E-state index >= 15 is 0 Å². The van der Waals surface area contributed by atoms with Crippen LogP contribution in [0.5, 0.6) is 5.75 Å². The van der Waals surface area contributed by atoms with Gasteiger partial charge in [0.15, 0.2) is 9.84 Å². The van der Waals surface area contributed by atoms with Gasteiger partial charge in [-0.3, -0.25) is 0 Å². The van der Waals surface area contributed by atoms with Gasteiger partial charge in [-0.15, -0.1) is 0 Å². The fourth-order valence-corrected chi connectivity index (χ4v) is 6.17. The number of carbonyl (C=O) groups excluding carboxylic acids is 1. The summed E-state index contributed by atoms with van der Waals surface area (Å²) in [4.78, 5) is 15.9. The van der Waals surface area contributed by atoms with Gasteiger partial charge in [-0.2, -0.15) is 0 Å². The Morgan fingerprint density at radius 3 is 2.67 bits per heavy atom. The Balaban J connectivity index is 1.41. The normalized spacial score (nSPS) is 18.4. The highest BCUT2D eigenvalue weighted by atomic mass is 32.2. The Bertz CT molecular complexity index is 1220. The average molecular weight is 471 g/mol. The molecule has 0 amide bonds. The number of hydrogen-bond acceptors (Lipinski definition) is 6. The molecule has 0 bridgehead atoms. The number of fused-ring (bicyclic) bond motifs is 1. The SMILES string of the molecule is CC(=O)CCc1ccc(OCC(O)Cn2c(CC3CCS(=O)(=O)C3)nc3ccccc32)cc1. The number of aryl methyl sites for hydroxylation is 1. The topological polar surface area (TPSA) is 98.5 Å². The summed E-state index contributed by atoms with van der Waals surface area (Å²) < 4.78 is 31.5. The van der Waals surface area contributed by atoms with Crippen molar-refractivity contribution in [3.05, 3.63) is 59.9 Å². The van der Waals surface area contributed by atoms with Crippen molar-refractivity contribution in [2.45, 2.75) is 45.3 Å². The molecule has 0 spiro atoms. The van der Waals surface area contributed by atoms with Crippen LogP contribution in [0.3, 0.4) is 0 Å². The van der Waals surface area contributed by atoms with E-state index in [9.17, 15) is 18.3 Å². The quantitative estimate of drug-likeness (QED) is 0.489. The van der Waals surface area contributed by atoms with Gasteiger partial charge in [-0.05, 0) is 55.5 Å². The third kappa shape index (κ3) is 6.21. The minimum atomic E-state index is -2.96. The molecule has 0 aliphatic carbocycles. The third-order valence-electron chi connectivity index (χ3n) is 6.06. The van der Waals surface area contributed by atoms with Crippen molar-refractivity contribution in [3.63, 3.8) is 0 Å². The minimum Gasteiger partial charge on any atom is -0.491 e. The lowest BCUT2D eigenvalue weighted by atomic mass is 10.1. The van der Waals surface area contributed by atoms with Crippen LogP contribution >= 0.6 is 0 Å². The summed E-state index contributed by atoms with van der Waals surface area (Å²) in [6, 6.07) is 15.3. The summed E-state index contributed by atoms with van der Waals surface area (Å²) in [5, 5.41) is 10.7. The Kier molecular flexibility index (Phi) is 7.14. The zero-order valence-corrected chi connectivity index (χ0v) is 19.6. The van der Waals surface area contributed by atoms with Gasteiger partial charge in [0.05, 0.1) is 29.1 Å². The van der Waals surface area contributed by atoms with Gasteiger partial charge < -0.3 is 19.2 Å². The van der Waals surface area contributed by atoms with E-state index in [0.29, 0.717) is 38.0 Å². The maximum Gasteiger partial charge on any atom is 0.150 e. The molecular formula is C25H30N2O5S. The van der Waals surface area contributed by atoms with Gasteiger partial charge in [0, 0.05) is 12.8 Å². The molecule has 0 saturated carbocycles. The monoisotopic (exact) mass is 470 g/mol. The van der Waals surface area contributed by atoms with Gasteiger partial charge in [0.1, 0.15) is 30.1 Å². The van der Waals surface area contributed by atoms with E-state index < -0.39 is 15.9 Å². The second kappa shape index (κ2) is 10.1. The lowest BCUT2D eigenvalue weighted by Crippen LogP contribution is -2.25. The minimum absolute atomic E-state index is 0.0560. The molecule has 2 heterocycles. The number of sulfone groups is 1. The van der Waals surface area contributed by atoms with Crippen molar-refractivity contribution in [1.29, 1.82) is 0 Å². The first-order valence-corrected chi connectivity index (χ1v) is 13.1. The van der Waals surface area contributed by atoms with Crippen LogP contribution in [0.4, 0.5) is 0 Å². The molecule has 1 aromatic heterocycles. The molecule has 33 heavy (non-hydrogen) atoms. The molecular weight excluding hydrogens is 440 g/mol. The first kappa shape index (κ1) is 23.4. The van der Waals surface area contributed by atoms with E-state index in [-0.39, 0.29) is 29.8 Å². The number of benzene rings is 2. The van der Waals surface area contributed by atoms with Crippen LogP contribution in [0.25, 0.3) is 11.0 Å². The molecule has 2 aromatic carbocycles. The van der Waals surface area contributed by atoms with Crippen molar-refractivity contribution >= 4 is 26.7 Å². The maximum absolute atomic E-state index is 11.9. The van der Waals surface area contributed by atoms with E-state index in [1.807, 2.05) is 53.1 Å². The Morgan fingerprint density at radius 1 is 1.21 bits per heavy atom. The van der Waals surface area contributed by atoms with Crippen molar-refractivity contribution in [3.8, 4) is 5.75 Å². The largest absolute Gasteiger partial charge is 0.491 e. The van der Waals surface area contributed by atoms with Crippen LogP contribution < -0.4 is 4.74 Å². The molecule has 0 radical (unpaired) electrons. The lowest BCUT2D eigenvalue weighted by molar-refractivity contribution is -0.116. The zero-order valence-electron chi connectivity index (χ0n) is 18.8. The number of aromatic nitrogens is 2. The van der Waals surface area contributed by atoms with Crippen molar-refractivity contribution < 1.29 is 23.1 Å². The smallest absolute Gasteiger partial charge is 0.150 e. The molecule has 1 aliphatic heterocycles. The van der Waals surface area contributed by atoms with Crippen LogP contribution in [-0.4, -0.2) is 53.1 Å². The number of hydrogen-bond donors (Lipinski definition) is 1. The molecule has 2 atom stereocenters. The molecule has 7 nitrogen and oxygen atoms in total. The molecule has 1 saturated heterocycles. The summed E-state index contributed by atoms with van der Waals surface area (Å²) in [5.74, 6) is 2.12. The molecule has 1 aliphatic rings. The van der Waals surface area contributed by atoms with Crippen LogP contribution in [0.1, 0.15) is 31.2 Å². The summed E-state index contributed by atoms with van der Waals surface area (Å²) >= 11 is 0. The number of ketones is 1. The highest BCUT2D eigenvalue weighted by molar-refractivity contribution is 7.91. The van der Waals surface area contributed by atoms with E-state index in [0.717, 1.165) is 22.4 Å². The first-order chi connectivity index (χ1) is 15.8. The van der Waals surface area contributed by atoms with E-state index in [1.165, 1.54) is 0 Å². The fourth-order valence-electron chi connectivity index (χ4n) is 4.30. The molecule has 176 valence electrons. The molecule has 1 N–H and O–H groups in total. The summed E-state index contributed by atoms with van der Waals surface area (Å²) in [6.45, 7) is 2.02. The summed E-state index contributed by atoms with van der Waals surface area (Å²) in [6.07, 6.45) is 1.69. The van der Waals surface area contributed by atoms with E-state index in [1.54, 1.807) is 6.92 Å². The molecule has 1 fully saturated rings. The van der Waals surface area contributed by atoms with Crippen LogP contribution in [0.15, 0.2) is 48.5 Å². The number of carbonyl (C=O) groups is 1. The van der Waals surface area contributed by atoms with Gasteiger partial charge >= 0.3 is 0 Å². The number of imidazole rings is 1. The second-order valence-electron chi connectivity index (χ2n) is 8.91. The van der Waals surface area contributed by atoms with Gasteiger partial charge in [0.25, 0.3) is 0 Å². The predicted octanol–water partition coefficient (Wildman–Crippen LogP) is 2.98. The predicted molar refractivity (Wildman–Crippen MR) is 127 cm³/mol. The van der Waals surface area contributed by atoms with Gasteiger partial charge in [0.2, 0.25) is 0 Å². The molecule has 3 aromatic rings. The van der Waals surface area contributed by atoms with Crippen molar-refractivity contribution in [2.24, 2.45) is 5.92 Å². The third-order valence-corrected chi connectivity index (χ3v) is 7.89. The van der Waals surface area contributed by atoms with Crippen LogP contribution in [-0.2, 0) is 34.0 Å². The number of para-hydroxylation sites is 2. The number of ether oxygens (including phenoxy) is 1. The Morgan fingerprint density at radius 2 is 1.97 bits per heavy atom. The molecule has 8 heteroatoms. The highest BCUT2D eigenvalue weighted by Crippen LogP contribution is 2.25. The first-order valence-electron chi connectivity index (χ1n) is 11.3. The molecule has 2 unspecified atom stereocenters. The number of rotatable bonds is 10. The summed E-state index contributed by atoms with van der Waals surface area (Å²) in [5.41, 5.74) is 2.83. The number of nitrogens with zero attached hydrogens (tertiary/aromatic N) is 2. The van der Waals surface area contributed by atoms with Crippen LogP contribution in [0.2, 0.25) is 0 Å². The number of aliphatic hydroxyl groups excluding tert-OH is 1. The average Bonchev–Trinajstić information content (AvgIpc) is 3.30. The fraction of sp³-hybridized carbons (Fsp3) is 0.440. The second-order valence-corrected chi connectivity index (χ2v) is 11.1. The Hall–Kier alpha value is -2.71. The highest BCUT2D eigenvalue weighted by Gasteiger charge is 2.29.